The standard InChI is InChI=1S/C18H22F3N5O/c1-13-4-3-5-15(22-13)12-25-6-8-26(9-7-25)16(27)10-14-11-24(2)23-17(14)18(19,20)21/h3-5,11H,6-10,12H2,1-2H3. The molecule has 0 radical (unpaired) electrons. The molecule has 1 aliphatic rings. The number of hydrogen-bond acceptors (Lipinski definition) is 4. The van der Waals surface area contributed by atoms with Crippen molar-refractivity contribution in [3.63, 3.8) is 0 Å². The fourth-order valence-corrected chi connectivity index (χ4v) is 3.25. The zero-order valence-corrected chi connectivity index (χ0v) is 15.3. The Balaban J connectivity index is 1.56. The summed E-state index contributed by atoms with van der Waals surface area (Å²) in [4.78, 5) is 20.7. The predicted molar refractivity (Wildman–Crippen MR) is 92.7 cm³/mol. The van der Waals surface area contributed by atoms with Crippen LogP contribution in [-0.2, 0) is 31.0 Å². The van der Waals surface area contributed by atoms with Crippen LogP contribution in [0.1, 0.15) is 22.6 Å². The van der Waals surface area contributed by atoms with E-state index in [9.17, 15) is 18.0 Å². The highest BCUT2D eigenvalue weighted by Gasteiger charge is 2.37. The summed E-state index contributed by atoms with van der Waals surface area (Å²) in [5, 5.41) is 3.45. The Kier molecular flexibility index (Phi) is 5.50. The summed E-state index contributed by atoms with van der Waals surface area (Å²) < 4.78 is 40.2. The molecule has 1 fully saturated rings. The van der Waals surface area contributed by atoms with E-state index in [0.717, 1.165) is 16.1 Å². The molecule has 0 aliphatic carbocycles. The first-order valence-electron chi connectivity index (χ1n) is 8.75. The van der Waals surface area contributed by atoms with E-state index in [4.69, 9.17) is 0 Å². The molecule has 6 nitrogen and oxygen atoms in total. The molecule has 9 heteroatoms. The highest BCUT2D eigenvalue weighted by Crippen LogP contribution is 2.31. The second-order valence-corrected chi connectivity index (χ2v) is 6.78. The molecule has 0 aromatic carbocycles. The Morgan fingerprint density at radius 1 is 1.19 bits per heavy atom. The fourth-order valence-electron chi connectivity index (χ4n) is 3.25. The van der Waals surface area contributed by atoms with E-state index in [1.807, 2.05) is 25.1 Å². The number of hydrogen-bond donors (Lipinski definition) is 0. The maximum absolute atomic E-state index is 13.0. The van der Waals surface area contributed by atoms with Gasteiger partial charge in [-0.2, -0.15) is 18.3 Å². The zero-order chi connectivity index (χ0) is 19.6. The van der Waals surface area contributed by atoms with E-state index in [0.29, 0.717) is 32.7 Å². The summed E-state index contributed by atoms with van der Waals surface area (Å²) in [7, 11) is 1.42. The smallest absolute Gasteiger partial charge is 0.340 e. The number of amides is 1. The molecule has 0 N–H and O–H groups in total. The van der Waals surface area contributed by atoms with Gasteiger partial charge in [-0.05, 0) is 19.1 Å². The van der Waals surface area contributed by atoms with Gasteiger partial charge in [0.15, 0.2) is 5.69 Å². The van der Waals surface area contributed by atoms with Crippen LogP contribution in [-0.4, -0.2) is 56.7 Å². The van der Waals surface area contributed by atoms with Gasteiger partial charge < -0.3 is 4.90 Å². The Morgan fingerprint density at radius 2 is 1.89 bits per heavy atom. The van der Waals surface area contributed by atoms with E-state index in [1.54, 1.807) is 4.90 Å². The van der Waals surface area contributed by atoms with Crippen LogP contribution in [0, 0.1) is 6.92 Å². The highest BCUT2D eigenvalue weighted by molar-refractivity contribution is 5.79. The first-order chi connectivity index (χ1) is 12.7. The van der Waals surface area contributed by atoms with Crippen LogP contribution in [0.2, 0.25) is 0 Å². The summed E-state index contributed by atoms with van der Waals surface area (Å²) in [6, 6.07) is 5.86. The van der Waals surface area contributed by atoms with E-state index >= 15 is 0 Å². The molecule has 3 heterocycles. The van der Waals surface area contributed by atoms with Crippen molar-refractivity contribution in [1.29, 1.82) is 0 Å². The molecule has 0 spiro atoms. The molecule has 1 aliphatic heterocycles. The van der Waals surface area contributed by atoms with Crippen molar-refractivity contribution in [1.82, 2.24) is 24.6 Å². The molecule has 2 aromatic heterocycles. The SMILES string of the molecule is Cc1cccc(CN2CCN(C(=O)Cc3cn(C)nc3C(F)(F)F)CC2)n1. The maximum Gasteiger partial charge on any atom is 0.435 e. The van der Waals surface area contributed by atoms with Crippen LogP contribution in [0.5, 0.6) is 0 Å². The molecule has 0 atom stereocenters. The number of piperazine rings is 1. The third-order valence-corrected chi connectivity index (χ3v) is 4.57. The minimum atomic E-state index is -4.56. The topological polar surface area (TPSA) is 54.3 Å². The molecule has 0 unspecified atom stereocenters. The molecule has 3 rings (SSSR count). The van der Waals surface area contributed by atoms with E-state index in [1.165, 1.54) is 13.2 Å². The van der Waals surface area contributed by atoms with Gasteiger partial charge in [0.25, 0.3) is 0 Å². The summed E-state index contributed by atoms with van der Waals surface area (Å²) in [6.45, 7) is 4.96. The molecule has 1 amide bonds. The van der Waals surface area contributed by atoms with Gasteiger partial charge in [0, 0.05) is 57.2 Å². The quantitative estimate of drug-likeness (QED) is 0.813. The lowest BCUT2D eigenvalue weighted by Crippen LogP contribution is -2.48. The third kappa shape index (κ3) is 4.85. The number of pyridine rings is 1. The Hall–Kier alpha value is -2.42. The summed E-state index contributed by atoms with van der Waals surface area (Å²) in [6.07, 6.45) is -3.58. The van der Waals surface area contributed by atoms with E-state index in [-0.39, 0.29) is 17.9 Å². The Bertz CT molecular complexity index is 810. The maximum atomic E-state index is 13.0. The average Bonchev–Trinajstić information content (AvgIpc) is 2.96. The predicted octanol–water partition coefficient (Wildman–Crippen LogP) is 2.03. The lowest BCUT2D eigenvalue weighted by molar-refractivity contribution is -0.142. The van der Waals surface area contributed by atoms with Crippen LogP contribution < -0.4 is 0 Å². The second-order valence-electron chi connectivity index (χ2n) is 6.78. The molecular weight excluding hydrogens is 359 g/mol. The van der Waals surface area contributed by atoms with Crippen molar-refractivity contribution in [2.75, 3.05) is 26.2 Å². The number of carbonyl (C=O) groups is 1. The van der Waals surface area contributed by atoms with Crippen molar-refractivity contribution in [2.24, 2.45) is 7.05 Å². The second kappa shape index (κ2) is 7.67. The summed E-state index contributed by atoms with van der Waals surface area (Å²) >= 11 is 0. The summed E-state index contributed by atoms with van der Waals surface area (Å²) in [5.41, 5.74) is 0.863. The normalized spacial score (nSPS) is 16.0. The minimum Gasteiger partial charge on any atom is -0.340 e. The number of alkyl halides is 3. The molecule has 27 heavy (non-hydrogen) atoms. The van der Waals surface area contributed by atoms with Gasteiger partial charge in [0.05, 0.1) is 12.1 Å². The fraction of sp³-hybridized carbons (Fsp3) is 0.500. The van der Waals surface area contributed by atoms with Gasteiger partial charge in [-0.1, -0.05) is 6.07 Å². The van der Waals surface area contributed by atoms with Crippen LogP contribution >= 0.6 is 0 Å². The number of rotatable bonds is 4. The highest BCUT2D eigenvalue weighted by atomic mass is 19.4. The van der Waals surface area contributed by atoms with Crippen molar-refractivity contribution in [2.45, 2.75) is 26.1 Å². The number of nitrogens with zero attached hydrogens (tertiary/aromatic N) is 5. The van der Waals surface area contributed by atoms with Crippen LogP contribution in [0.3, 0.4) is 0 Å². The van der Waals surface area contributed by atoms with Crippen molar-refractivity contribution >= 4 is 5.91 Å². The number of carbonyl (C=O) groups excluding carboxylic acids is 1. The number of aromatic nitrogens is 3. The van der Waals surface area contributed by atoms with Gasteiger partial charge in [-0.15, -0.1) is 0 Å². The molecule has 1 saturated heterocycles. The molecule has 146 valence electrons. The monoisotopic (exact) mass is 381 g/mol. The van der Waals surface area contributed by atoms with Gasteiger partial charge in [-0.25, -0.2) is 0 Å². The van der Waals surface area contributed by atoms with Gasteiger partial charge in [-0.3, -0.25) is 19.4 Å². The van der Waals surface area contributed by atoms with Gasteiger partial charge in [0.1, 0.15) is 0 Å². The van der Waals surface area contributed by atoms with Gasteiger partial charge >= 0.3 is 6.18 Å². The molecule has 2 aromatic rings. The van der Waals surface area contributed by atoms with Gasteiger partial charge in [0.2, 0.25) is 5.91 Å². The van der Waals surface area contributed by atoms with E-state index in [2.05, 4.69) is 15.0 Å². The lowest BCUT2D eigenvalue weighted by Gasteiger charge is -2.34. The first-order valence-corrected chi connectivity index (χ1v) is 8.75. The lowest BCUT2D eigenvalue weighted by atomic mass is 10.1. The Morgan fingerprint density at radius 3 is 2.52 bits per heavy atom. The van der Waals surface area contributed by atoms with Crippen molar-refractivity contribution in [3.8, 4) is 0 Å². The van der Waals surface area contributed by atoms with Crippen LogP contribution in [0.25, 0.3) is 0 Å². The largest absolute Gasteiger partial charge is 0.435 e. The Labute approximate surface area is 155 Å². The molecular formula is C18H22F3N5O. The zero-order valence-electron chi connectivity index (χ0n) is 15.3. The molecule has 0 bridgehead atoms. The molecule has 0 saturated carbocycles. The number of aryl methyl sites for hydroxylation is 2. The first kappa shape index (κ1) is 19.3. The average molecular weight is 381 g/mol. The van der Waals surface area contributed by atoms with E-state index < -0.39 is 11.9 Å². The van der Waals surface area contributed by atoms with Crippen LogP contribution in [0.4, 0.5) is 13.2 Å². The van der Waals surface area contributed by atoms with Crippen molar-refractivity contribution in [3.05, 3.63) is 47.0 Å². The van der Waals surface area contributed by atoms with Crippen molar-refractivity contribution < 1.29 is 18.0 Å². The third-order valence-electron chi connectivity index (χ3n) is 4.57. The number of halogens is 3. The minimum absolute atomic E-state index is 0.0820. The van der Waals surface area contributed by atoms with Crippen LogP contribution in [0.15, 0.2) is 24.4 Å². The summed E-state index contributed by atoms with van der Waals surface area (Å²) in [5.74, 6) is -0.304.